The van der Waals surface area contributed by atoms with Gasteiger partial charge in [0.25, 0.3) is 5.91 Å². The standard InChI is InChI=1S/C14H21BrN2O2/c1-4-12(14(16)18)19-13-6-5-11(15)7-10(13)8-17-9(2)3/h5-7,9,12,17H,4,8H2,1-3H3,(H2,16,18). The largest absolute Gasteiger partial charge is 0.480 e. The number of rotatable bonds is 7. The zero-order valence-electron chi connectivity index (χ0n) is 11.6. The van der Waals surface area contributed by atoms with Crippen molar-refractivity contribution in [3.05, 3.63) is 28.2 Å². The molecule has 0 spiro atoms. The molecule has 1 aromatic rings. The molecule has 1 amide bonds. The van der Waals surface area contributed by atoms with Crippen LogP contribution in [0.1, 0.15) is 32.8 Å². The molecule has 106 valence electrons. The molecule has 0 saturated heterocycles. The third-order valence-corrected chi connectivity index (χ3v) is 3.17. The van der Waals surface area contributed by atoms with Crippen molar-refractivity contribution in [2.45, 2.75) is 45.9 Å². The van der Waals surface area contributed by atoms with Gasteiger partial charge in [0.1, 0.15) is 5.75 Å². The van der Waals surface area contributed by atoms with Gasteiger partial charge in [0, 0.05) is 22.6 Å². The fourth-order valence-electron chi connectivity index (χ4n) is 1.61. The molecule has 5 heteroatoms. The van der Waals surface area contributed by atoms with Gasteiger partial charge in [-0.2, -0.15) is 0 Å². The Morgan fingerprint density at radius 3 is 2.68 bits per heavy atom. The molecule has 4 nitrogen and oxygen atoms in total. The Labute approximate surface area is 122 Å². The smallest absolute Gasteiger partial charge is 0.258 e. The van der Waals surface area contributed by atoms with Crippen LogP contribution in [0.25, 0.3) is 0 Å². The van der Waals surface area contributed by atoms with Crippen LogP contribution in [0.15, 0.2) is 22.7 Å². The van der Waals surface area contributed by atoms with Crippen molar-refractivity contribution in [3.8, 4) is 5.75 Å². The Hall–Kier alpha value is -1.07. The lowest BCUT2D eigenvalue weighted by atomic mass is 10.1. The molecule has 0 aliphatic rings. The van der Waals surface area contributed by atoms with Gasteiger partial charge in [-0.25, -0.2) is 0 Å². The third-order valence-electron chi connectivity index (χ3n) is 2.68. The number of carbonyl (C=O) groups is 1. The molecule has 1 rings (SSSR count). The summed E-state index contributed by atoms with van der Waals surface area (Å²) in [6, 6.07) is 6.11. The summed E-state index contributed by atoms with van der Waals surface area (Å²) in [5.74, 6) is 0.259. The lowest BCUT2D eigenvalue weighted by Crippen LogP contribution is -2.33. The predicted molar refractivity (Wildman–Crippen MR) is 80.0 cm³/mol. The zero-order chi connectivity index (χ0) is 14.4. The van der Waals surface area contributed by atoms with Gasteiger partial charge in [-0.15, -0.1) is 0 Å². The van der Waals surface area contributed by atoms with E-state index in [4.69, 9.17) is 10.5 Å². The lowest BCUT2D eigenvalue weighted by Gasteiger charge is -2.18. The number of nitrogens with one attached hydrogen (secondary N) is 1. The van der Waals surface area contributed by atoms with E-state index in [-0.39, 0.29) is 0 Å². The maximum Gasteiger partial charge on any atom is 0.258 e. The van der Waals surface area contributed by atoms with Crippen LogP contribution in [0.4, 0.5) is 0 Å². The Morgan fingerprint density at radius 2 is 2.16 bits per heavy atom. The topological polar surface area (TPSA) is 64.3 Å². The minimum absolute atomic E-state index is 0.380. The highest BCUT2D eigenvalue weighted by molar-refractivity contribution is 9.10. The highest BCUT2D eigenvalue weighted by Crippen LogP contribution is 2.24. The second kappa shape index (κ2) is 7.50. The number of amides is 1. The van der Waals surface area contributed by atoms with Crippen molar-refractivity contribution >= 4 is 21.8 Å². The molecule has 0 saturated carbocycles. The number of carbonyl (C=O) groups excluding carboxylic acids is 1. The highest BCUT2D eigenvalue weighted by Gasteiger charge is 2.16. The van der Waals surface area contributed by atoms with Crippen LogP contribution >= 0.6 is 15.9 Å². The van der Waals surface area contributed by atoms with Crippen molar-refractivity contribution in [1.82, 2.24) is 5.32 Å². The Bertz CT molecular complexity index is 435. The number of ether oxygens (including phenoxy) is 1. The number of nitrogens with two attached hydrogens (primary N) is 1. The van der Waals surface area contributed by atoms with Crippen molar-refractivity contribution < 1.29 is 9.53 Å². The van der Waals surface area contributed by atoms with Gasteiger partial charge in [0.2, 0.25) is 0 Å². The molecule has 0 heterocycles. The van der Waals surface area contributed by atoms with E-state index in [0.29, 0.717) is 24.8 Å². The summed E-state index contributed by atoms with van der Waals surface area (Å²) in [4.78, 5) is 11.3. The summed E-state index contributed by atoms with van der Waals surface area (Å²) < 4.78 is 6.69. The molecule has 1 unspecified atom stereocenters. The van der Waals surface area contributed by atoms with E-state index in [1.807, 2.05) is 25.1 Å². The van der Waals surface area contributed by atoms with Crippen LogP contribution in [-0.4, -0.2) is 18.1 Å². The van der Waals surface area contributed by atoms with Crippen LogP contribution in [0.2, 0.25) is 0 Å². The third kappa shape index (κ3) is 5.20. The minimum Gasteiger partial charge on any atom is -0.480 e. The molecule has 0 aliphatic heterocycles. The van der Waals surface area contributed by atoms with Crippen LogP contribution < -0.4 is 15.8 Å². The average molecular weight is 329 g/mol. The van der Waals surface area contributed by atoms with Crippen molar-refractivity contribution in [3.63, 3.8) is 0 Å². The van der Waals surface area contributed by atoms with Gasteiger partial charge >= 0.3 is 0 Å². The van der Waals surface area contributed by atoms with Crippen LogP contribution in [0.5, 0.6) is 5.75 Å². The number of hydrogen-bond donors (Lipinski definition) is 2. The number of halogens is 1. The summed E-state index contributed by atoms with van der Waals surface area (Å²) in [7, 11) is 0. The van der Waals surface area contributed by atoms with E-state index in [1.165, 1.54) is 0 Å². The van der Waals surface area contributed by atoms with E-state index in [0.717, 1.165) is 10.0 Å². The minimum atomic E-state index is -0.584. The predicted octanol–water partition coefficient (Wildman–Crippen LogP) is 2.59. The van der Waals surface area contributed by atoms with Gasteiger partial charge in [-0.05, 0) is 24.6 Å². The molecule has 0 fully saturated rings. The number of hydrogen-bond acceptors (Lipinski definition) is 3. The second-order valence-electron chi connectivity index (χ2n) is 4.70. The summed E-state index contributed by atoms with van der Waals surface area (Å²) in [6.45, 7) is 6.72. The summed E-state index contributed by atoms with van der Waals surface area (Å²) in [5, 5.41) is 3.33. The quantitative estimate of drug-likeness (QED) is 0.808. The molecule has 0 aromatic heterocycles. The second-order valence-corrected chi connectivity index (χ2v) is 5.62. The first kappa shape index (κ1) is 16.0. The van der Waals surface area contributed by atoms with Crippen molar-refractivity contribution in [2.75, 3.05) is 0 Å². The average Bonchev–Trinajstić information content (AvgIpc) is 2.34. The Morgan fingerprint density at radius 1 is 1.47 bits per heavy atom. The summed E-state index contributed by atoms with van der Waals surface area (Å²) in [6.07, 6.45) is -0.0263. The molecule has 1 aromatic carbocycles. The van der Waals surface area contributed by atoms with Gasteiger partial charge in [-0.3, -0.25) is 4.79 Å². The molecule has 19 heavy (non-hydrogen) atoms. The van der Waals surface area contributed by atoms with Gasteiger partial charge in [0.05, 0.1) is 0 Å². The van der Waals surface area contributed by atoms with Gasteiger partial charge in [-0.1, -0.05) is 36.7 Å². The van der Waals surface area contributed by atoms with Crippen LogP contribution in [-0.2, 0) is 11.3 Å². The SMILES string of the molecule is CCC(Oc1ccc(Br)cc1CNC(C)C)C(N)=O. The highest BCUT2D eigenvalue weighted by atomic mass is 79.9. The normalized spacial score (nSPS) is 12.5. The Kier molecular flexibility index (Phi) is 6.31. The van der Waals surface area contributed by atoms with Crippen molar-refractivity contribution in [1.29, 1.82) is 0 Å². The van der Waals surface area contributed by atoms with Crippen molar-refractivity contribution in [2.24, 2.45) is 5.73 Å². The van der Waals surface area contributed by atoms with Crippen LogP contribution in [0, 0.1) is 0 Å². The molecule has 0 aliphatic carbocycles. The van der Waals surface area contributed by atoms with E-state index in [2.05, 4.69) is 35.1 Å². The monoisotopic (exact) mass is 328 g/mol. The molecular weight excluding hydrogens is 308 g/mol. The van der Waals surface area contributed by atoms with Gasteiger partial charge < -0.3 is 15.8 Å². The molecule has 1 atom stereocenters. The lowest BCUT2D eigenvalue weighted by molar-refractivity contribution is -0.124. The fourth-order valence-corrected chi connectivity index (χ4v) is 2.02. The van der Waals surface area contributed by atoms with E-state index < -0.39 is 12.0 Å². The van der Waals surface area contributed by atoms with E-state index in [9.17, 15) is 4.79 Å². The summed E-state index contributed by atoms with van der Waals surface area (Å²) >= 11 is 3.44. The maximum atomic E-state index is 11.3. The first-order valence-corrected chi connectivity index (χ1v) is 7.21. The number of benzene rings is 1. The molecule has 0 bridgehead atoms. The summed E-state index contributed by atoms with van der Waals surface area (Å²) in [5.41, 5.74) is 6.31. The van der Waals surface area contributed by atoms with Crippen LogP contribution in [0.3, 0.4) is 0 Å². The first-order chi connectivity index (χ1) is 8.93. The molecule has 3 N–H and O–H groups in total. The zero-order valence-corrected chi connectivity index (χ0v) is 13.2. The first-order valence-electron chi connectivity index (χ1n) is 6.41. The Balaban J connectivity index is 2.89. The maximum absolute atomic E-state index is 11.3. The number of primary amides is 1. The van der Waals surface area contributed by atoms with Gasteiger partial charge in [0.15, 0.2) is 6.10 Å². The molecule has 0 radical (unpaired) electrons. The fraction of sp³-hybridized carbons (Fsp3) is 0.500. The van der Waals surface area contributed by atoms with E-state index in [1.54, 1.807) is 0 Å². The van der Waals surface area contributed by atoms with E-state index >= 15 is 0 Å². The molecular formula is C14H21BrN2O2.